The lowest BCUT2D eigenvalue weighted by Crippen LogP contribution is -2.01. The second-order valence-corrected chi connectivity index (χ2v) is 4.60. The topological polar surface area (TPSA) is 53.1 Å². The summed E-state index contributed by atoms with van der Waals surface area (Å²) in [7, 11) is 1.63. The number of ether oxygens (including phenoxy) is 1. The van der Waals surface area contributed by atoms with E-state index in [9.17, 15) is 0 Å². The molecule has 0 aliphatic rings. The smallest absolute Gasteiger partial charge is 0.144 e. The second-order valence-electron chi connectivity index (χ2n) is 4.60. The summed E-state index contributed by atoms with van der Waals surface area (Å²) in [4.78, 5) is 4.57. The number of hydrogen-bond donors (Lipinski definition) is 1. The zero-order valence-corrected chi connectivity index (χ0v) is 11.4. The number of imidazole rings is 1. The lowest BCUT2D eigenvalue weighted by molar-refractivity contribution is 0.417. The molecule has 0 aliphatic carbocycles. The number of benzene rings is 1. The molecule has 0 amide bonds. The third kappa shape index (κ3) is 2.28. The molecule has 0 saturated heterocycles. The third-order valence-corrected chi connectivity index (χ3v) is 3.28. The van der Waals surface area contributed by atoms with Gasteiger partial charge in [0.25, 0.3) is 0 Å². The van der Waals surface area contributed by atoms with Crippen LogP contribution in [0.1, 0.15) is 32.0 Å². The summed E-state index contributed by atoms with van der Waals surface area (Å²) in [5.41, 5.74) is 8.68. The highest BCUT2D eigenvalue weighted by Crippen LogP contribution is 2.28. The van der Waals surface area contributed by atoms with E-state index in [2.05, 4.69) is 16.5 Å². The van der Waals surface area contributed by atoms with Gasteiger partial charge in [-0.15, -0.1) is 0 Å². The molecule has 0 fully saturated rings. The predicted molar refractivity (Wildman–Crippen MR) is 75.0 cm³/mol. The fraction of sp³-hybridized carbons (Fsp3) is 0.500. The molecule has 1 aromatic heterocycles. The Hall–Kier alpha value is -1.71. The van der Waals surface area contributed by atoms with Gasteiger partial charge in [-0.2, -0.15) is 0 Å². The number of nitrogen functional groups attached to an aromatic ring is 1. The van der Waals surface area contributed by atoms with E-state index in [1.54, 1.807) is 7.11 Å². The lowest BCUT2D eigenvalue weighted by Gasteiger charge is -2.08. The molecule has 0 aliphatic heterocycles. The Morgan fingerprint density at radius 1 is 1.33 bits per heavy atom. The number of aromatic nitrogens is 2. The van der Waals surface area contributed by atoms with E-state index in [0.717, 1.165) is 23.4 Å². The van der Waals surface area contributed by atoms with Crippen molar-refractivity contribution in [1.29, 1.82) is 0 Å². The third-order valence-electron chi connectivity index (χ3n) is 3.28. The average molecular weight is 247 g/mol. The first-order valence-electron chi connectivity index (χ1n) is 6.47. The zero-order valence-electron chi connectivity index (χ0n) is 11.4. The van der Waals surface area contributed by atoms with Gasteiger partial charge in [-0.05, 0) is 19.4 Å². The van der Waals surface area contributed by atoms with E-state index in [1.807, 2.05) is 19.1 Å². The number of fused-ring (bicyclic) bond motifs is 1. The molecule has 4 nitrogen and oxygen atoms in total. The highest BCUT2D eigenvalue weighted by Gasteiger charge is 2.10. The van der Waals surface area contributed by atoms with Gasteiger partial charge in [0.05, 0.1) is 23.8 Å². The summed E-state index contributed by atoms with van der Waals surface area (Å²) in [6.45, 7) is 5.25. The Kier molecular flexibility index (Phi) is 3.75. The van der Waals surface area contributed by atoms with Crippen molar-refractivity contribution in [2.75, 3.05) is 12.8 Å². The minimum atomic E-state index is 0.668. The van der Waals surface area contributed by atoms with E-state index in [4.69, 9.17) is 10.5 Å². The van der Waals surface area contributed by atoms with Crippen molar-refractivity contribution in [3.05, 3.63) is 18.0 Å². The molecule has 0 spiro atoms. The number of hydrogen-bond acceptors (Lipinski definition) is 3. The molecule has 0 bridgehead atoms. The second kappa shape index (κ2) is 5.29. The molecule has 0 unspecified atom stereocenters. The minimum absolute atomic E-state index is 0.668. The van der Waals surface area contributed by atoms with Crippen LogP contribution >= 0.6 is 0 Å². The molecule has 4 heteroatoms. The van der Waals surface area contributed by atoms with Gasteiger partial charge >= 0.3 is 0 Å². The quantitative estimate of drug-likeness (QED) is 0.652. The predicted octanol–water partition coefficient (Wildman–Crippen LogP) is 3.13. The standard InChI is InChI=1S/C14H21N3O/c1-4-5-6-7-17-10(2)16-12-9-14(18-3)11(15)8-13(12)17/h8-9H,4-7,15H2,1-3H3. The van der Waals surface area contributed by atoms with Crippen molar-refractivity contribution >= 4 is 16.7 Å². The summed E-state index contributed by atoms with van der Waals surface area (Å²) in [6, 6.07) is 3.87. The highest BCUT2D eigenvalue weighted by molar-refractivity contribution is 5.83. The van der Waals surface area contributed by atoms with Gasteiger partial charge in [-0.25, -0.2) is 4.98 Å². The van der Waals surface area contributed by atoms with E-state index in [0.29, 0.717) is 11.4 Å². The summed E-state index contributed by atoms with van der Waals surface area (Å²) < 4.78 is 7.46. The Labute approximate surface area is 108 Å². The van der Waals surface area contributed by atoms with Crippen molar-refractivity contribution in [2.45, 2.75) is 39.7 Å². The Balaban J connectivity index is 2.40. The Bertz CT molecular complexity index is 545. The van der Waals surface area contributed by atoms with Crippen LogP contribution in [0.3, 0.4) is 0 Å². The van der Waals surface area contributed by atoms with Gasteiger partial charge in [-0.3, -0.25) is 0 Å². The molecule has 0 radical (unpaired) electrons. The maximum absolute atomic E-state index is 5.96. The number of unbranched alkanes of at least 4 members (excludes halogenated alkanes) is 2. The van der Waals surface area contributed by atoms with Crippen molar-refractivity contribution in [1.82, 2.24) is 9.55 Å². The molecule has 2 N–H and O–H groups in total. The van der Waals surface area contributed by atoms with E-state index in [-0.39, 0.29) is 0 Å². The largest absolute Gasteiger partial charge is 0.495 e. The first kappa shape index (κ1) is 12.7. The highest BCUT2D eigenvalue weighted by atomic mass is 16.5. The van der Waals surface area contributed by atoms with E-state index >= 15 is 0 Å². The van der Waals surface area contributed by atoms with Crippen molar-refractivity contribution in [3.8, 4) is 5.75 Å². The normalized spacial score (nSPS) is 11.1. The van der Waals surface area contributed by atoms with Crippen LogP contribution in [0.2, 0.25) is 0 Å². The number of rotatable bonds is 5. The van der Waals surface area contributed by atoms with Crippen LogP contribution in [0.5, 0.6) is 5.75 Å². The van der Waals surface area contributed by atoms with Gasteiger partial charge in [0, 0.05) is 12.6 Å². The first-order chi connectivity index (χ1) is 8.67. The number of nitrogens with two attached hydrogens (primary N) is 1. The van der Waals surface area contributed by atoms with Gasteiger partial charge in [-0.1, -0.05) is 19.8 Å². The Morgan fingerprint density at radius 3 is 2.78 bits per heavy atom. The summed E-state index contributed by atoms with van der Waals surface area (Å²) in [5, 5.41) is 0. The maximum Gasteiger partial charge on any atom is 0.144 e. The maximum atomic E-state index is 5.96. The molecule has 1 heterocycles. The van der Waals surface area contributed by atoms with Crippen LogP contribution in [0.4, 0.5) is 5.69 Å². The van der Waals surface area contributed by atoms with Gasteiger partial charge in [0.2, 0.25) is 0 Å². The Morgan fingerprint density at radius 2 is 2.11 bits per heavy atom. The minimum Gasteiger partial charge on any atom is -0.495 e. The summed E-state index contributed by atoms with van der Waals surface area (Å²) in [5.74, 6) is 1.73. The molecule has 0 atom stereocenters. The summed E-state index contributed by atoms with van der Waals surface area (Å²) >= 11 is 0. The van der Waals surface area contributed by atoms with Gasteiger partial charge < -0.3 is 15.0 Å². The van der Waals surface area contributed by atoms with Crippen LogP contribution < -0.4 is 10.5 Å². The van der Waals surface area contributed by atoms with Gasteiger partial charge in [0.15, 0.2) is 0 Å². The molecular weight excluding hydrogens is 226 g/mol. The lowest BCUT2D eigenvalue weighted by atomic mass is 10.2. The molecule has 0 saturated carbocycles. The monoisotopic (exact) mass is 247 g/mol. The van der Waals surface area contributed by atoms with E-state index in [1.165, 1.54) is 19.3 Å². The van der Waals surface area contributed by atoms with Crippen LogP contribution in [0, 0.1) is 6.92 Å². The number of methoxy groups -OCH3 is 1. The first-order valence-corrected chi connectivity index (χ1v) is 6.47. The zero-order chi connectivity index (χ0) is 13.1. The molecule has 1 aromatic carbocycles. The molecule has 2 rings (SSSR count). The number of aryl methyl sites for hydroxylation is 2. The van der Waals surface area contributed by atoms with Gasteiger partial charge in [0.1, 0.15) is 11.6 Å². The fourth-order valence-electron chi connectivity index (χ4n) is 2.27. The van der Waals surface area contributed by atoms with Crippen molar-refractivity contribution < 1.29 is 4.74 Å². The van der Waals surface area contributed by atoms with Crippen LogP contribution in [-0.2, 0) is 6.54 Å². The molecule has 98 valence electrons. The average Bonchev–Trinajstić information content (AvgIpc) is 2.65. The summed E-state index contributed by atoms with van der Waals surface area (Å²) in [6.07, 6.45) is 3.64. The van der Waals surface area contributed by atoms with E-state index < -0.39 is 0 Å². The fourth-order valence-corrected chi connectivity index (χ4v) is 2.27. The molecular formula is C14H21N3O. The SMILES string of the molecule is CCCCCn1c(C)nc2cc(OC)c(N)cc21. The van der Waals surface area contributed by atoms with Crippen LogP contribution in [-0.4, -0.2) is 16.7 Å². The van der Waals surface area contributed by atoms with Crippen LogP contribution in [0.15, 0.2) is 12.1 Å². The number of nitrogens with zero attached hydrogens (tertiary/aromatic N) is 2. The van der Waals surface area contributed by atoms with Crippen LogP contribution in [0.25, 0.3) is 11.0 Å². The molecule has 2 aromatic rings. The van der Waals surface area contributed by atoms with Crippen molar-refractivity contribution in [3.63, 3.8) is 0 Å². The molecule has 18 heavy (non-hydrogen) atoms. The van der Waals surface area contributed by atoms with Crippen molar-refractivity contribution in [2.24, 2.45) is 0 Å². The number of anilines is 1.